The molecule has 0 saturated carbocycles. The Morgan fingerprint density at radius 2 is 1.77 bits per heavy atom. The lowest BCUT2D eigenvalue weighted by Gasteiger charge is -2.39. The highest BCUT2D eigenvalue weighted by molar-refractivity contribution is 5.79. The molecule has 31 heavy (non-hydrogen) atoms. The number of likely N-dealkylation sites (tertiary alicyclic amines) is 1. The molecule has 7 heteroatoms. The molecular weight excluding hydrogens is 394 g/mol. The largest absolute Gasteiger partial charge is 0.487 e. The van der Waals surface area contributed by atoms with Crippen LogP contribution in [0, 0.1) is 0 Å². The van der Waals surface area contributed by atoms with Crippen LogP contribution in [0.25, 0.3) is 11.4 Å². The van der Waals surface area contributed by atoms with Gasteiger partial charge in [0.2, 0.25) is 17.6 Å². The minimum atomic E-state index is 0.0240. The number of benzene rings is 2. The number of carbonyl (C=O) groups excluding carboxylic acids is 1. The standard InChI is InChI=1S/C24H25N3O4/c28-22(14-17-4-2-1-3-5-17)27-15-21(16-27)30-20-8-6-18(7-9-20)23-25-24(31-26-23)19-10-12-29-13-11-19/h1-9,19,21H,10-16H2. The number of aromatic nitrogens is 2. The van der Waals surface area contributed by atoms with Crippen LogP contribution in [0.4, 0.5) is 0 Å². The second kappa shape index (κ2) is 8.89. The summed E-state index contributed by atoms with van der Waals surface area (Å²) < 4.78 is 16.9. The Balaban J connectivity index is 1.12. The van der Waals surface area contributed by atoms with Crippen LogP contribution in [-0.4, -0.2) is 53.4 Å². The van der Waals surface area contributed by atoms with Gasteiger partial charge in [0.25, 0.3) is 0 Å². The first-order valence-electron chi connectivity index (χ1n) is 10.7. The maximum atomic E-state index is 12.4. The van der Waals surface area contributed by atoms with E-state index >= 15 is 0 Å². The molecule has 0 N–H and O–H groups in total. The lowest BCUT2D eigenvalue weighted by molar-refractivity contribution is -0.139. The Kier molecular flexibility index (Phi) is 5.67. The molecule has 160 valence electrons. The summed E-state index contributed by atoms with van der Waals surface area (Å²) >= 11 is 0. The summed E-state index contributed by atoms with van der Waals surface area (Å²) in [4.78, 5) is 18.8. The minimum Gasteiger partial charge on any atom is -0.487 e. The lowest BCUT2D eigenvalue weighted by Crippen LogP contribution is -2.56. The van der Waals surface area contributed by atoms with Crippen molar-refractivity contribution in [3.63, 3.8) is 0 Å². The molecule has 2 aliphatic heterocycles. The fraction of sp³-hybridized carbons (Fsp3) is 0.375. The summed E-state index contributed by atoms with van der Waals surface area (Å²) in [5, 5.41) is 4.13. The Labute approximate surface area is 181 Å². The zero-order valence-electron chi connectivity index (χ0n) is 17.3. The molecule has 0 bridgehead atoms. The van der Waals surface area contributed by atoms with Crippen LogP contribution >= 0.6 is 0 Å². The number of hydrogen-bond donors (Lipinski definition) is 0. The summed E-state index contributed by atoms with van der Waals surface area (Å²) in [5.41, 5.74) is 1.93. The van der Waals surface area contributed by atoms with Crippen LogP contribution in [0.5, 0.6) is 5.75 Å². The van der Waals surface area contributed by atoms with E-state index in [1.165, 1.54) is 0 Å². The quantitative estimate of drug-likeness (QED) is 0.609. The topological polar surface area (TPSA) is 77.7 Å². The molecule has 0 unspecified atom stereocenters. The average molecular weight is 419 g/mol. The maximum absolute atomic E-state index is 12.4. The third kappa shape index (κ3) is 4.61. The SMILES string of the molecule is O=C(Cc1ccccc1)N1CC(Oc2ccc(-c3noc(C4CCOCC4)n3)cc2)C1. The Morgan fingerprint density at radius 3 is 2.52 bits per heavy atom. The Morgan fingerprint density at radius 1 is 1.03 bits per heavy atom. The van der Waals surface area contributed by atoms with E-state index < -0.39 is 0 Å². The number of carbonyl (C=O) groups is 1. The van der Waals surface area contributed by atoms with E-state index in [1.54, 1.807) is 0 Å². The summed E-state index contributed by atoms with van der Waals surface area (Å²) in [6, 6.07) is 17.5. The summed E-state index contributed by atoms with van der Waals surface area (Å²) in [6.45, 7) is 2.72. The van der Waals surface area contributed by atoms with E-state index in [0.717, 1.165) is 42.9 Å². The first-order valence-corrected chi connectivity index (χ1v) is 10.7. The van der Waals surface area contributed by atoms with E-state index in [4.69, 9.17) is 14.0 Å². The number of rotatable bonds is 6. The van der Waals surface area contributed by atoms with Gasteiger partial charge in [-0.05, 0) is 42.7 Å². The van der Waals surface area contributed by atoms with Gasteiger partial charge >= 0.3 is 0 Å². The number of ether oxygens (including phenoxy) is 2. The van der Waals surface area contributed by atoms with Gasteiger partial charge in [-0.2, -0.15) is 4.98 Å². The normalized spacial score (nSPS) is 17.4. The van der Waals surface area contributed by atoms with E-state index in [-0.39, 0.29) is 17.9 Å². The molecule has 7 nitrogen and oxygen atoms in total. The molecule has 3 heterocycles. The van der Waals surface area contributed by atoms with Gasteiger partial charge in [0.05, 0.1) is 19.5 Å². The second-order valence-corrected chi connectivity index (χ2v) is 8.07. The maximum Gasteiger partial charge on any atom is 0.230 e. The van der Waals surface area contributed by atoms with Gasteiger partial charge in [-0.15, -0.1) is 0 Å². The second-order valence-electron chi connectivity index (χ2n) is 8.07. The molecule has 1 amide bonds. The highest BCUT2D eigenvalue weighted by Gasteiger charge is 2.32. The predicted octanol–water partition coefficient (Wildman–Crippen LogP) is 3.46. The molecule has 0 aliphatic carbocycles. The van der Waals surface area contributed by atoms with E-state index in [0.29, 0.717) is 31.2 Å². The molecule has 0 radical (unpaired) electrons. The third-order valence-corrected chi connectivity index (χ3v) is 5.83. The molecule has 0 atom stereocenters. The average Bonchev–Trinajstić information content (AvgIpc) is 3.28. The van der Waals surface area contributed by atoms with Gasteiger partial charge < -0.3 is 18.9 Å². The number of amides is 1. The van der Waals surface area contributed by atoms with Crippen molar-refractivity contribution >= 4 is 5.91 Å². The first-order chi connectivity index (χ1) is 15.2. The van der Waals surface area contributed by atoms with Crippen molar-refractivity contribution in [2.75, 3.05) is 26.3 Å². The third-order valence-electron chi connectivity index (χ3n) is 5.83. The highest BCUT2D eigenvalue weighted by Crippen LogP contribution is 2.28. The van der Waals surface area contributed by atoms with Gasteiger partial charge in [-0.3, -0.25) is 4.79 Å². The highest BCUT2D eigenvalue weighted by atomic mass is 16.5. The van der Waals surface area contributed by atoms with Crippen LogP contribution in [0.3, 0.4) is 0 Å². The lowest BCUT2D eigenvalue weighted by atomic mass is 10.0. The fourth-order valence-electron chi connectivity index (χ4n) is 3.94. The Bertz CT molecular complexity index is 1010. The van der Waals surface area contributed by atoms with Crippen molar-refractivity contribution in [2.45, 2.75) is 31.3 Å². The van der Waals surface area contributed by atoms with Crippen molar-refractivity contribution in [2.24, 2.45) is 0 Å². The number of hydrogen-bond acceptors (Lipinski definition) is 6. The molecule has 2 aliphatic rings. The molecule has 0 spiro atoms. The van der Waals surface area contributed by atoms with Crippen molar-refractivity contribution in [3.05, 3.63) is 66.1 Å². The predicted molar refractivity (Wildman–Crippen MR) is 114 cm³/mol. The molecule has 2 aromatic carbocycles. The molecule has 2 saturated heterocycles. The van der Waals surface area contributed by atoms with Gasteiger partial charge in [-0.1, -0.05) is 35.5 Å². The van der Waals surface area contributed by atoms with Gasteiger partial charge in [0.1, 0.15) is 11.9 Å². The van der Waals surface area contributed by atoms with Crippen molar-refractivity contribution < 1.29 is 18.8 Å². The van der Waals surface area contributed by atoms with Crippen LogP contribution in [0.15, 0.2) is 59.1 Å². The monoisotopic (exact) mass is 419 g/mol. The van der Waals surface area contributed by atoms with Crippen LogP contribution in [0.1, 0.15) is 30.2 Å². The summed E-state index contributed by atoms with van der Waals surface area (Å²) in [6.07, 6.45) is 2.29. The molecule has 5 rings (SSSR count). The zero-order chi connectivity index (χ0) is 21.0. The molecule has 1 aromatic heterocycles. The molecule has 3 aromatic rings. The molecule has 2 fully saturated rings. The zero-order valence-corrected chi connectivity index (χ0v) is 17.3. The van der Waals surface area contributed by atoms with Crippen molar-refractivity contribution in [1.82, 2.24) is 15.0 Å². The Hall–Kier alpha value is -3.19. The van der Waals surface area contributed by atoms with Gasteiger partial charge in [-0.25, -0.2) is 0 Å². The van der Waals surface area contributed by atoms with Crippen LogP contribution in [0.2, 0.25) is 0 Å². The first kappa shape index (κ1) is 19.8. The van der Waals surface area contributed by atoms with Gasteiger partial charge in [0, 0.05) is 24.7 Å². The smallest absolute Gasteiger partial charge is 0.230 e. The summed E-state index contributed by atoms with van der Waals surface area (Å²) in [7, 11) is 0. The van der Waals surface area contributed by atoms with Crippen LogP contribution in [-0.2, 0) is 16.0 Å². The van der Waals surface area contributed by atoms with E-state index in [9.17, 15) is 4.79 Å². The van der Waals surface area contributed by atoms with Crippen LogP contribution < -0.4 is 4.74 Å². The fourth-order valence-corrected chi connectivity index (χ4v) is 3.94. The van der Waals surface area contributed by atoms with E-state index in [1.807, 2.05) is 59.5 Å². The van der Waals surface area contributed by atoms with Gasteiger partial charge in [0.15, 0.2) is 0 Å². The van der Waals surface area contributed by atoms with Crippen molar-refractivity contribution in [3.8, 4) is 17.1 Å². The molecular formula is C24H25N3O4. The van der Waals surface area contributed by atoms with E-state index in [2.05, 4.69) is 10.1 Å². The van der Waals surface area contributed by atoms with Crippen molar-refractivity contribution in [1.29, 1.82) is 0 Å². The minimum absolute atomic E-state index is 0.0240. The summed E-state index contributed by atoms with van der Waals surface area (Å²) in [5.74, 6) is 2.47. The number of nitrogens with zero attached hydrogens (tertiary/aromatic N) is 3.